The predicted octanol–water partition coefficient (Wildman–Crippen LogP) is 3.39. The van der Waals surface area contributed by atoms with Gasteiger partial charge in [-0.25, -0.2) is 4.39 Å². The Morgan fingerprint density at radius 2 is 1.80 bits per heavy atom. The second-order valence-corrected chi connectivity index (χ2v) is 5.73. The third-order valence-corrected chi connectivity index (χ3v) is 4.02. The van der Waals surface area contributed by atoms with Crippen LogP contribution in [0.3, 0.4) is 0 Å². The zero-order valence-electron chi connectivity index (χ0n) is 10.1. The van der Waals surface area contributed by atoms with Crippen LogP contribution in [-0.4, -0.2) is 29.7 Å². The highest BCUT2D eigenvalue weighted by Gasteiger charge is 2.40. The van der Waals surface area contributed by atoms with Crippen LogP contribution in [-0.2, 0) is 0 Å². The Hall–Kier alpha value is -0.110. The van der Waals surface area contributed by atoms with Crippen LogP contribution >= 0.6 is 0 Å². The van der Waals surface area contributed by atoms with Gasteiger partial charge in [-0.1, -0.05) is 13.8 Å². The van der Waals surface area contributed by atoms with Gasteiger partial charge >= 0.3 is 0 Å². The fourth-order valence-electron chi connectivity index (χ4n) is 3.25. The highest BCUT2D eigenvalue weighted by atomic mass is 19.1. The quantitative estimate of drug-likeness (QED) is 0.692. The van der Waals surface area contributed by atoms with Crippen molar-refractivity contribution in [3.05, 3.63) is 0 Å². The second-order valence-electron chi connectivity index (χ2n) is 5.73. The molecule has 2 aliphatic rings. The van der Waals surface area contributed by atoms with Gasteiger partial charge in [0.2, 0.25) is 0 Å². The van der Waals surface area contributed by atoms with E-state index in [1.54, 1.807) is 0 Å². The topological polar surface area (TPSA) is 3.24 Å². The molecule has 2 rings (SSSR count). The molecule has 0 aromatic carbocycles. The lowest BCUT2D eigenvalue weighted by atomic mass is 10.00. The summed E-state index contributed by atoms with van der Waals surface area (Å²) in [6.07, 6.45) is 6.19. The molecule has 2 fully saturated rings. The highest BCUT2D eigenvalue weighted by molar-refractivity contribution is 4.95. The second kappa shape index (κ2) is 4.82. The van der Waals surface area contributed by atoms with E-state index in [0.29, 0.717) is 12.1 Å². The minimum atomic E-state index is -0.510. The summed E-state index contributed by atoms with van der Waals surface area (Å²) in [5, 5.41) is 0. The van der Waals surface area contributed by atoms with Crippen molar-refractivity contribution in [3.63, 3.8) is 0 Å². The number of hydrogen-bond acceptors (Lipinski definition) is 1. The van der Waals surface area contributed by atoms with Crippen molar-refractivity contribution in [1.82, 2.24) is 4.90 Å². The molecule has 0 radical (unpaired) electrons. The maximum atomic E-state index is 13.3. The molecule has 2 saturated heterocycles. The molecule has 2 heteroatoms. The van der Waals surface area contributed by atoms with E-state index < -0.39 is 6.17 Å². The van der Waals surface area contributed by atoms with E-state index in [0.717, 1.165) is 18.8 Å². The number of rotatable bonds is 4. The minimum absolute atomic E-state index is 0.510. The number of fused-ring (bicyclic) bond motifs is 2. The summed E-state index contributed by atoms with van der Waals surface area (Å²) in [6, 6.07) is 1.15. The van der Waals surface area contributed by atoms with Gasteiger partial charge in [0.15, 0.2) is 0 Å². The first-order chi connectivity index (χ1) is 7.16. The number of hydrogen-bond donors (Lipinski definition) is 0. The van der Waals surface area contributed by atoms with Crippen LogP contribution in [0.2, 0.25) is 0 Å². The van der Waals surface area contributed by atoms with Crippen LogP contribution in [0.25, 0.3) is 0 Å². The Labute approximate surface area is 93.0 Å². The van der Waals surface area contributed by atoms with Gasteiger partial charge in [-0.3, -0.25) is 4.90 Å². The first-order valence-electron chi connectivity index (χ1n) is 6.56. The smallest absolute Gasteiger partial charge is 0.103 e. The standard InChI is InChI=1S/C13H24FN/c1-10(2)4-3-7-15-12-5-6-13(15)9-11(14)8-12/h10-13H,3-9H2,1-2H3/t11-,12+,13-. The Morgan fingerprint density at radius 3 is 2.33 bits per heavy atom. The SMILES string of the molecule is CC(C)CCCN1[C@@H]2CC[C@H]1C[C@@H](F)C2. The van der Waals surface area contributed by atoms with Crippen molar-refractivity contribution in [1.29, 1.82) is 0 Å². The van der Waals surface area contributed by atoms with E-state index >= 15 is 0 Å². The van der Waals surface area contributed by atoms with Gasteiger partial charge in [0.25, 0.3) is 0 Å². The van der Waals surface area contributed by atoms with Crippen molar-refractivity contribution >= 4 is 0 Å². The molecule has 0 spiro atoms. The summed E-state index contributed by atoms with van der Waals surface area (Å²) in [6.45, 7) is 5.77. The number of nitrogens with zero attached hydrogens (tertiary/aromatic N) is 1. The van der Waals surface area contributed by atoms with E-state index in [9.17, 15) is 4.39 Å². The van der Waals surface area contributed by atoms with Gasteiger partial charge in [0.1, 0.15) is 6.17 Å². The van der Waals surface area contributed by atoms with Gasteiger partial charge in [-0.2, -0.15) is 0 Å². The van der Waals surface area contributed by atoms with Crippen LogP contribution in [0, 0.1) is 5.92 Å². The fourth-order valence-corrected chi connectivity index (χ4v) is 3.25. The number of piperidine rings is 1. The van der Waals surface area contributed by atoms with Crippen LogP contribution in [0.5, 0.6) is 0 Å². The zero-order valence-corrected chi connectivity index (χ0v) is 10.1. The van der Waals surface area contributed by atoms with Gasteiger partial charge in [0.05, 0.1) is 0 Å². The predicted molar refractivity (Wildman–Crippen MR) is 61.7 cm³/mol. The average Bonchev–Trinajstić information content (AvgIpc) is 2.42. The maximum absolute atomic E-state index is 13.3. The molecule has 88 valence electrons. The first-order valence-corrected chi connectivity index (χ1v) is 6.56. The van der Waals surface area contributed by atoms with Crippen molar-refractivity contribution in [3.8, 4) is 0 Å². The molecule has 0 unspecified atom stereocenters. The summed E-state index contributed by atoms with van der Waals surface area (Å²) in [7, 11) is 0. The van der Waals surface area contributed by atoms with Crippen molar-refractivity contribution < 1.29 is 4.39 Å². The van der Waals surface area contributed by atoms with E-state index in [1.165, 1.54) is 32.2 Å². The molecule has 0 amide bonds. The number of halogens is 1. The Bertz CT molecular complexity index is 191. The van der Waals surface area contributed by atoms with Gasteiger partial charge in [-0.05, 0) is 51.0 Å². The van der Waals surface area contributed by atoms with Gasteiger partial charge < -0.3 is 0 Å². The lowest BCUT2D eigenvalue weighted by Gasteiger charge is -2.36. The highest BCUT2D eigenvalue weighted by Crippen LogP contribution is 2.36. The lowest BCUT2D eigenvalue weighted by Crippen LogP contribution is -2.44. The molecule has 0 aromatic rings. The summed E-state index contributed by atoms with van der Waals surface area (Å²) in [5.41, 5.74) is 0. The van der Waals surface area contributed by atoms with E-state index in [1.807, 2.05) is 0 Å². The molecule has 2 aliphatic heterocycles. The molecule has 0 aromatic heterocycles. The van der Waals surface area contributed by atoms with Gasteiger partial charge in [-0.15, -0.1) is 0 Å². The Kier molecular flexibility index (Phi) is 3.65. The van der Waals surface area contributed by atoms with Crippen molar-refractivity contribution in [2.45, 2.75) is 70.6 Å². The van der Waals surface area contributed by atoms with Crippen LogP contribution < -0.4 is 0 Å². The molecule has 0 aliphatic carbocycles. The monoisotopic (exact) mass is 213 g/mol. The molecule has 1 nitrogen and oxygen atoms in total. The molecule has 15 heavy (non-hydrogen) atoms. The largest absolute Gasteiger partial charge is 0.297 e. The first kappa shape index (κ1) is 11.4. The summed E-state index contributed by atoms with van der Waals surface area (Å²) in [4.78, 5) is 2.60. The van der Waals surface area contributed by atoms with E-state index in [2.05, 4.69) is 18.7 Å². The van der Waals surface area contributed by atoms with Gasteiger partial charge in [0, 0.05) is 12.1 Å². The molecular weight excluding hydrogens is 189 g/mol. The minimum Gasteiger partial charge on any atom is -0.297 e. The summed E-state index contributed by atoms with van der Waals surface area (Å²) < 4.78 is 13.3. The molecule has 0 N–H and O–H groups in total. The normalized spacial score (nSPS) is 36.4. The molecule has 0 saturated carbocycles. The van der Waals surface area contributed by atoms with Crippen LogP contribution in [0.4, 0.5) is 4.39 Å². The van der Waals surface area contributed by atoms with Crippen molar-refractivity contribution in [2.24, 2.45) is 5.92 Å². The molecule has 2 heterocycles. The molecule has 3 atom stereocenters. The van der Waals surface area contributed by atoms with E-state index in [-0.39, 0.29) is 0 Å². The zero-order chi connectivity index (χ0) is 10.8. The summed E-state index contributed by atoms with van der Waals surface area (Å²) in [5.74, 6) is 0.807. The molecule has 2 bridgehead atoms. The lowest BCUT2D eigenvalue weighted by molar-refractivity contribution is 0.0806. The molecular formula is C13H24FN. The van der Waals surface area contributed by atoms with E-state index in [4.69, 9.17) is 0 Å². The van der Waals surface area contributed by atoms with Crippen LogP contribution in [0.1, 0.15) is 52.4 Å². The number of alkyl halides is 1. The third kappa shape index (κ3) is 2.72. The Morgan fingerprint density at radius 1 is 1.20 bits per heavy atom. The van der Waals surface area contributed by atoms with Crippen molar-refractivity contribution in [2.75, 3.05) is 6.54 Å². The maximum Gasteiger partial charge on any atom is 0.103 e. The van der Waals surface area contributed by atoms with Crippen LogP contribution in [0.15, 0.2) is 0 Å². The third-order valence-electron chi connectivity index (χ3n) is 4.02. The summed E-state index contributed by atoms with van der Waals surface area (Å²) >= 11 is 0. The average molecular weight is 213 g/mol. The Balaban J connectivity index is 1.78. The fraction of sp³-hybridized carbons (Fsp3) is 1.00.